The van der Waals surface area contributed by atoms with E-state index >= 15 is 0 Å². The number of nitrogens with zero attached hydrogens (tertiary/aromatic N) is 3. The zero-order valence-electron chi connectivity index (χ0n) is 10.7. The van der Waals surface area contributed by atoms with Gasteiger partial charge in [-0.3, -0.25) is 9.78 Å². The van der Waals surface area contributed by atoms with Gasteiger partial charge < -0.3 is 15.5 Å². The number of oxime groups is 1. The van der Waals surface area contributed by atoms with E-state index in [1.165, 1.54) is 22.9 Å². The zero-order valence-corrected chi connectivity index (χ0v) is 10.7. The summed E-state index contributed by atoms with van der Waals surface area (Å²) in [6.45, 7) is 1.89. The van der Waals surface area contributed by atoms with Crippen LogP contribution in [0.25, 0.3) is 0 Å². The standard InChI is InChI=1S/C13H13FN4O2/c1-8-2-3-11(12(15)17-20)13(19)18(8)7-9-4-10(14)6-16-5-9/h2-6,20H,7H2,1H3,(H2,15,17). The van der Waals surface area contributed by atoms with Gasteiger partial charge in [0.15, 0.2) is 5.84 Å². The van der Waals surface area contributed by atoms with E-state index in [1.54, 1.807) is 13.0 Å². The molecule has 0 unspecified atom stereocenters. The fourth-order valence-corrected chi connectivity index (χ4v) is 1.84. The number of rotatable bonds is 3. The lowest BCUT2D eigenvalue weighted by Crippen LogP contribution is -2.31. The molecule has 20 heavy (non-hydrogen) atoms. The maximum atomic E-state index is 13.1. The van der Waals surface area contributed by atoms with Gasteiger partial charge in [-0.15, -0.1) is 0 Å². The molecule has 0 fully saturated rings. The lowest BCUT2D eigenvalue weighted by Gasteiger charge is -2.11. The van der Waals surface area contributed by atoms with E-state index in [9.17, 15) is 9.18 Å². The molecule has 2 rings (SSSR count). The van der Waals surface area contributed by atoms with Crippen molar-refractivity contribution in [3.05, 3.63) is 63.6 Å². The van der Waals surface area contributed by atoms with E-state index in [0.717, 1.165) is 6.20 Å². The van der Waals surface area contributed by atoms with E-state index in [1.807, 2.05) is 0 Å². The third kappa shape index (κ3) is 2.66. The van der Waals surface area contributed by atoms with Gasteiger partial charge >= 0.3 is 0 Å². The van der Waals surface area contributed by atoms with Gasteiger partial charge in [-0.2, -0.15) is 0 Å². The molecule has 0 amide bonds. The number of hydrogen-bond acceptors (Lipinski definition) is 4. The minimum Gasteiger partial charge on any atom is -0.409 e. The van der Waals surface area contributed by atoms with Gasteiger partial charge in [0, 0.05) is 11.9 Å². The first kappa shape index (κ1) is 13.7. The van der Waals surface area contributed by atoms with Crippen molar-refractivity contribution in [1.29, 1.82) is 0 Å². The Bertz CT molecular complexity index is 725. The molecule has 104 valence electrons. The van der Waals surface area contributed by atoms with Gasteiger partial charge in [0.2, 0.25) is 0 Å². The predicted octanol–water partition coefficient (Wildman–Crippen LogP) is 0.834. The molecule has 7 heteroatoms. The van der Waals surface area contributed by atoms with Crippen molar-refractivity contribution in [2.75, 3.05) is 0 Å². The summed E-state index contributed by atoms with van der Waals surface area (Å²) >= 11 is 0. The average molecular weight is 276 g/mol. The summed E-state index contributed by atoms with van der Waals surface area (Å²) in [6, 6.07) is 4.45. The van der Waals surface area contributed by atoms with Gasteiger partial charge in [0.1, 0.15) is 5.82 Å². The van der Waals surface area contributed by atoms with Crippen LogP contribution in [0.1, 0.15) is 16.8 Å². The molecule has 0 aliphatic carbocycles. The summed E-state index contributed by atoms with van der Waals surface area (Å²) in [6.07, 6.45) is 2.57. The van der Waals surface area contributed by atoms with Crippen LogP contribution >= 0.6 is 0 Å². The molecule has 0 radical (unpaired) electrons. The van der Waals surface area contributed by atoms with Gasteiger partial charge in [-0.25, -0.2) is 4.39 Å². The molecule has 0 atom stereocenters. The molecule has 0 aliphatic rings. The maximum absolute atomic E-state index is 13.1. The topological polar surface area (TPSA) is 93.5 Å². The molecule has 2 heterocycles. The lowest BCUT2D eigenvalue weighted by atomic mass is 10.2. The molecule has 0 bridgehead atoms. The summed E-state index contributed by atoms with van der Waals surface area (Å²) < 4.78 is 14.5. The van der Waals surface area contributed by atoms with Crippen molar-refractivity contribution in [2.45, 2.75) is 13.5 Å². The first-order valence-electron chi connectivity index (χ1n) is 5.80. The van der Waals surface area contributed by atoms with Crippen LogP contribution in [0.15, 0.2) is 40.5 Å². The Kier molecular flexibility index (Phi) is 3.79. The van der Waals surface area contributed by atoms with Gasteiger partial charge in [0.25, 0.3) is 5.56 Å². The van der Waals surface area contributed by atoms with Crippen LogP contribution in [-0.4, -0.2) is 20.6 Å². The monoisotopic (exact) mass is 276 g/mol. The van der Waals surface area contributed by atoms with Crippen molar-refractivity contribution in [3.63, 3.8) is 0 Å². The van der Waals surface area contributed by atoms with Crippen molar-refractivity contribution in [2.24, 2.45) is 10.9 Å². The number of amidine groups is 1. The molecule has 0 saturated heterocycles. The highest BCUT2D eigenvalue weighted by atomic mass is 19.1. The fourth-order valence-electron chi connectivity index (χ4n) is 1.84. The second-order valence-corrected chi connectivity index (χ2v) is 4.28. The van der Waals surface area contributed by atoms with E-state index < -0.39 is 11.4 Å². The Hall–Kier alpha value is -2.70. The van der Waals surface area contributed by atoms with E-state index in [2.05, 4.69) is 10.1 Å². The summed E-state index contributed by atoms with van der Waals surface area (Å²) in [5, 5.41) is 11.5. The average Bonchev–Trinajstić information content (AvgIpc) is 2.43. The third-order valence-corrected chi connectivity index (χ3v) is 2.88. The highest BCUT2D eigenvalue weighted by Gasteiger charge is 2.10. The third-order valence-electron chi connectivity index (χ3n) is 2.88. The maximum Gasteiger partial charge on any atom is 0.262 e. The Morgan fingerprint density at radius 3 is 2.90 bits per heavy atom. The molecular formula is C13H13FN4O2. The summed E-state index contributed by atoms with van der Waals surface area (Å²) in [7, 11) is 0. The van der Waals surface area contributed by atoms with E-state index in [-0.39, 0.29) is 17.9 Å². The lowest BCUT2D eigenvalue weighted by molar-refractivity contribution is 0.318. The number of pyridine rings is 2. The molecule has 6 nitrogen and oxygen atoms in total. The predicted molar refractivity (Wildman–Crippen MR) is 71.2 cm³/mol. The fraction of sp³-hybridized carbons (Fsp3) is 0.154. The Labute approximate surface area is 114 Å². The van der Waals surface area contributed by atoms with Crippen LogP contribution in [0.2, 0.25) is 0 Å². The zero-order chi connectivity index (χ0) is 14.7. The minimum atomic E-state index is -0.471. The normalized spacial score (nSPS) is 11.6. The van der Waals surface area contributed by atoms with Crippen LogP contribution in [0.3, 0.4) is 0 Å². The first-order chi connectivity index (χ1) is 9.52. The quantitative estimate of drug-likeness (QED) is 0.376. The molecule has 0 aliphatic heterocycles. The van der Waals surface area contributed by atoms with Gasteiger partial charge in [-0.05, 0) is 30.7 Å². The number of aryl methyl sites for hydroxylation is 1. The first-order valence-corrected chi connectivity index (χ1v) is 5.80. The van der Waals surface area contributed by atoms with E-state index in [0.29, 0.717) is 11.3 Å². The Morgan fingerprint density at radius 2 is 2.25 bits per heavy atom. The highest BCUT2D eigenvalue weighted by Crippen LogP contribution is 2.06. The molecule has 2 aromatic heterocycles. The van der Waals surface area contributed by atoms with Crippen LogP contribution in [-0.2, 0) is 6.54 Å². The SMILES string of the molecule is Cc1ccc(/C(N)=N/O)c(=O)n1Cc1cncc(F)c1. The number of halogens is 1. The van der Waals surface area contributed by atoms with Crippen molar-refractivity contribution >= 4 is 5.84 Å². The molecule has 0 saturated carbocycles. The molecule has 0 aromatic carbocycles. The van der Waals surface area contributed by atoms with E-state index in [4.69, 9.17) is 10.9 Å². The largest absolute Gasteiger partial charge is 0.409 e. The number of aromatic nitrogens is 2. The number of nitrogens with two attached hydrogens (primary N) is 1. The summed E-state index contributed by atoms with van der Waals surface area (Å²) in [5.74, 6) is -0.734. The summed E-state index contributed by atoms with van der Waals surface area (Å²) in [5.41, 5.74) is 6.34. The van der Waals surface area contributed by atoms with Crippen LogP contribution in [0.4, 0.5) is 4.39 Å². The van der Waals surface area contributed by atoms with Crippen molar-refractivity contribution < 1.29 is 9.60 Å². The van der Waals surface area contributed by atoms with Gasteiger partial charge in [0.05, 0.1) is 18.3 Å². The Morgan fingerprint density at radius 1 is 1.50 bits per heavy atom. The molecular weight excluding hydrogens is 263 g/mol. The summed E-state index contributed by atoms with van der Waals surface area (Å²) in [4.78, 5) is 16.0. The molecule has 3 N–H and O–H groups in total. The van der Waals surface area contributed by atoms with Crippen LogP contribution < -0.4 is 11.3 Å². The minimum absolute atomic E-state index is 0.0856. The van der Waals surface area contributed by atoms with Crippen molar-refractivity contribution in [1.82, 2.24) is 9.55 Å². The second kappa shape index (κ2) is 5.52. The van der Waals surface area contributed by atoms with Crippen LogP contribution in [0, 0.1) is 12.7 Å². The number of hydrogen-bond donors (Lipinski definition) is 2. The molecule has 2 aromatic rings. The van der Waals surface area contributed by atoms with Gasteiger partial charge in [-0.1, -0.05) is 5.16 Å². The second-order valence-electron chi connectivity index (χ2n) is 4.28. The Balaban J connectivity index is 2.49. The molecule has 0 spiro atoms. The van der Waals surface area contributed by atoms with Crippen LogP contribution in [0.5, 0.6) is 0 Å². The smallest absolute Gasteiger partial charge is 0.262 e. The highest BCUT2D eigenvalue weighted by molar-refractivity contribution is 5.96. The van der Waals surface area contributed by atoms with Crippen molar-refractivity contribution in [3.8, 4) is 0 Å².